The van der Waals surface area contributed by atoms with E-state index >= 15 is 0 Å². The van der Waals surface area contributed by atoms with Crippen molar-refractivity contribution >= 4 is 23.0 Å². The van der Waals surface area contributed by atoms with Crippen molar-refractivity contribution in [2.75, 3.05) is 83.4 Å². The minimum Gasteiger partial charge on any atom is -0.468 e. The molecule has 24 heteroatoms. The maximum atomic E-state index is 6.97. The van der Waals surface area contributed by atoms with Crippen molar-refractivity contribution in [2.45, 2.75) is 0 Å². The normalized spacial score (nSPS) is 13.9. The molecular weight excluding hydrogens is 999 g/mol. The van der Waals surface area contributed by atoms with Gasteiger partial charge < -0.3 is 84.0 Å². The van der Waals surface area contributed by atoms with Gasteiger partial charge in [0.2, 0.25) is 0 Å². The fourth-order valence-electron chi connectivity index (χ4n) is 5.92. The molecule has 0 fully saturated rings. The van der Waals surface area contributed by atoms with E-state index in [0.29, 0.717) is 34.5 Å². The predicted octanol–water partition coefficient (Wildman–Crippen LogP) is 12.2. The Hall–Kier alpha value is -6.63. The molecular formula is C48H54N3O18P3. The van der Waals surface area contributed by atoms with Crippen molar-refractivity contribution in [1.29, 1.82) is 0 Å². The van der Waals surface area contributed by atoms with Crippen molar-refractivity contribution in [2.24, 2.45) is 13.5 Å². The number of benzene rings is 6. The highest BCUT2D eigenvalue weighted by atomic mass is 31.3. The Bertz CT molecular complexity index is 2260. The summed E-state index contributed by atoms with van der Waals surface area (Å²) in [4.78, 5) is 0. The van der Waals surface area contributed by atoms with E-state index in [4.69, 9.17) is 97.5 Å². The summed E-state index contributed by atoms with van der Waals surface area (Å²) in [7, 11) is -3.87. The molecule has 0 unspecified atom stereocenters. The molecule has 1 aliphatic heterocycles. The summed E-state index contributed by atoms with van der Waals surface area (Å²) in [6.07, 6.45) is 0. The van der Waals surface area contributed by atoms with Crippen LogP contribution in [-0.4, -0.2) is 83.4 Å². The Morgan fingerprint density at radius 1 is 0.222 bits per heavy atom. The summed E-state index contributed by atoms with van der Waals surface area (Å²) in [6.45, 7) is 0.0703. The summed E-state index contributed by atoms with van der Waals surface area (Å²) in [5.74, 6) is 4.43. The second kappa shape index (κ2) is 26.7. The highest BCUT2D eigenvalue weighted by Gasteiger charge is 2.49. The van der Waals surface area contributed by atoms with Gasteiger partial charge in [0.05, 0.1) is 0 Å². The quantitative estimate of drug-likeness (QED) is 0.0304. The molecule has 21 nitrogen and oxygen atoms in total. The smallest absolute Gasteiger partial charge is 0.460 e. The zero-order valence-electron chi connectivity index (χ0n) is 40.1. The SMILES string of the molecule is COCOc1ccc(OP2(Oc3ccc(OCOC)cc3)=NP(Oc3ccc(OCOC)cc3)(Oc3ccc(OCOC)cc3)=NP(Oc3ccc(OCOC)cc3)(Oc3ccc(OCOC)cc3)=N2)cc1. The second-order valence-corrected chi connectivity index (χ2v) is 20.6. The van der Waals surface area contributed by atoms with Gasteiger partial charge in [-0.05, 0) is 146 Å². The molecule has 0 aliphatic carbocycles. The van der Waals surface area contributed by atoms with Crippen LogP contribution in [0.25, 0.3) is 0 Å². The minimum absolute atomic E-state index is 0.0117. The topological polar surface area (TPSA) is 203 Å². The van der Waals surface area contributed by atoms with Crippen LogP contribution in [0.3, 0.4) is 0 Å². The van der Waals surface area contributed by atoms with Crippen LogP contribution in [0, 0.1) is 0 Å². The standard InChI is InChI=1S/C48H54N3O18P3/c1-52-31-58-37-7-19-43(20-8-37)64-70(65-44-21-9-38(10-22-44)59-32-53-2)49-71(66-45-23-11-39(12-24-45)60-33-54-3,67-46-25-13-40(14-26-46)61-34-55-4)51-72(50-70,68-47-27-15-41(16-28-47)62-35-56-5)69-48-29-17-42(18-30-48)63-36-57-6/h7-30H,31-36H2,1-6H3. The maximum absolute atomic E-state index is 6.97. The van der Waals surface area contributed by atoms with Crippen LogP contribution < -0.4 is 55.6 Å². The van der Waals surface area contributed by atoms with Crippen molar-refractivity contribution in [3.05, 3.63) is 146 Å². The number of methoxy groups -OCH3 is 6. The monoisotopic (exact) mass is 1050 g/mol. The summed E-state index contributed by atoms with van der Waals surface area (Å²) < 4.78 is 123. The Balaban J connectivity index is 1.51. The summed E-state index contributed by atoms with van der Waals surface area (Å²) in [5, 5.41) is 0. The molecule has 0 amide bonds. The zero-order chi connectivity index (χ0) is 50.5. The van der Waals surface area contributed by atoms with Gasteiger partial charge in [-0.3, -0.25) is 0 Å². The van der Waals surface area contributed by atoms with E-state index in [1.807, 2.05) is 0 Å². The molecule has 6 aromatic carbocycles. The van der Waals surface area contributed by atoms with E-state index in [1.165, 1.54) is 42.7 Å². The Morgan fingerprint density at radius 3 is 0.472 bits per heavy atom. The molecule has 0 N–H and O–H groups in total. The average molecular weight is 1050 g/mol. The largest absolute Gasteiger partial charge is 0.468 e. The summed E-state index contributed by atoms with van der Waals surface area (Å²) >= 11 is 0. The van der Waals surface area contributed by atoms with Gasteiger partial charge in [0.25, 0.3) is 0 Å². The van der Waals surface area contributed by atoms with E-state index in [2.05, 4.69) is 0 Å². The van der Waals surface area contributed by atoms with Gasteiger partial charge in [-0.1, -0.05) is 13.5 Å². The lowest BCUT2D eigenvalue weighted by atomic mass is 10.3. The molecule has 0 bridgehead atoms. The molecule has 384 valence electrons. The Morgan fingerprint density at radius 2 is 0.347 bits per heavy atom. The number of nitrogens with zero attached hydrogens (tertiary/aromatic N) is 3. The third-order valence-corrected chi connectivity index (χ3v) is 17.1. The third-order valence-electron chi connectivity index (χ3n) is 9.03. The Labute approximate surface area is 417 Å². The van der Waals surface area contributed by atoms with E-state index in [0.717, 1.165) is 0 Å². The number of hydrogen-bond donors (Lipinski definition) is 0. The van der Waals surface area contributed by atoms with Crippen LogP contribution in [0.1, 0.15) is 0 Å². The van der Waals surface area contributed by atoms with Crippen molar-refractivity contribution in [1.82, 2.24) is 0 Å². The minimum atomic E-state index is -4.34. The highest BCUT2D eigenvalue weighted by molar-refractivity contribution is 7.79. The first kappa shape index (κ1) is 53.2. The highest BCUT2D eigenvalue weighted by Crippen LogP contribution is 2.78. The van der Waals surface area contributed by atoms with Crippen LogP contribution in [-0.2, 0) is 28.4 Å². The number of rotatable bonds is 30. The van der Waals surface area contributed by atoms with Crippen LogP contribution in [0.15, 0.2) is 159 Å². The van der Waals surface area contributed by atoms with E-state index in [9.17, 15) is 0 Å². The molecule has 0 aromatic heterocycles. The van der Waals surface area contributed by atoms with Gasteiger partial charge in [-0.2, -0.15) is 0 Å². The van der Waals surface area contributed by atoms with Crippen LogP contribution in [0.5, 0.6) is 69.0 Å². The third kappa shape index (κ3) is 15.7. The lowest BCUT2D eigenvalue weighted by molar-refractivity contribution is 0.0509. The van der Waals surface area contributed by atoms with Gasteiger partial charge in [0.1, 0.15) is 69.0 Å². The maximum Gasteiger partial charge on any atom is 0.460 e. The van der Waals surface area contributed by atoms with Crippen LogP contribution >= 0.6 is 23.0 Å². The molecule has 0 radical (unpaired) electrons. The molecule has 0 saturated heterocycles. The summed E-state index contributed by atoms with van der Waals surface area (Å²) in [5.41, 5.74) is 0. The first-order valence-electron chi connectivity index (χ1n) is 21.6. The van der Waals surface area contributed by atoms with Gasteiger partial charge >= 0.3 is 23.0 Å². The lowest BCUT2D eigenvalue weighted by Crippen LogP contribution is -2.11. The molecule has 0 saturated carbocycles. The van der Waals surface area contributed by atoms with E-state index in [-0.39, 0.29) is 75.3 Å². The summed E-state index contributed by atoms with van der Waals surface area (Å²) in [6, 6.07) is 40.2. The van der Waals surface area contributed by atoms with Crippen molar-refractivity contribution in [3.8, 4) is 69.0 Å². The molecule has 0 atom stereocenters. The zero-order valence-corrected chi connectivity index (χ0v) is 42.8. The molecule has 0 spiro atoms. The fraction of sp³-hybridized carbons (Fsp3) is 0.250. The predicted molar refractivity (Wildman–Crippen MR) is 265 cm³/mol. The average Bonchev–Trinajstić information content (AvgIpc) is 3.39. The van der Waals surface area contributed by atoms with E-state index < -0.39 is 23.0 Å². The fourth-order valence-corrected chi connectivity index (χ4v) is 15.0. The van der Waals surface area contributed by atoms with Gasteiger partial charge in [-0.15, -0.1) is 0 Å². The molecule has 1 aliphatic rings. The lowest BCUT2D eigenvalue weighted by Gasteiger charge is -2.33. The molecule has 6 aromatic rings. The Kier molecular flexibility index (Phi) is 19.7. The second-order valence-electron chi connectivity index (χ2n) is 14.4. The van der Waals surface area contributed by atoms with Crippen molar-refractivity contribution < 1.29 is 84.0 Å². The van der Waals surface area contributed by atoms with Crippen LogP contribution in [0.4, 0.5) is 0 Å². The van der Waals surface area contributed by atoms with Gasteiger partial charge in [0, 0.05) is 42.7 Å². The van der Waals surface area contributed by atoms with Gasteiger partial charge in [-0.25, -0.2) is 0 Å². The first-order valence-corrected chi connectivity index (χ1v) is 26.2. The van der Waals surface area contributed by atoms with E-state index in [1.54, 1.807) is 146 Å². The number of hydrogen-bond acceptors (Lipinski definition) is 21. The van der Waals surface area contributed by atoms with Crippen LogP contribution in [0.2, 0.25) is 0 Å². The first-order chi connectivity index (χ1) is 35.2. The van der Waals surface area contributed by atoms with Crippen molar-refractivity contribution in [3.63, 3.8) is 0 Å². The molecule has 72 heavy (non-hydrogen) atoms. The molecule has 1 heterocycles. The van der Waals surface area contributed by atoms with Gasteiger partial charge in [0.15, 0.2) is 40.8 Å². The molecule has 7 rings (SSSR count). The number of ether oxygens (including phenoxy) is 12.